The Bertz CT molecular complexity index is 526. The van der Waals surface area contributed by atoms with Crippen LogP contribution in [0.3, 0.4) is 0 Å². The lowest BCUT2D eigenvalue weighted by molar-refractivity contribution is 0.319. The third-order valence-corrected chi connectivity index (χ3v) is 3.01. The Hall–Kier alpha value is -2.16. The van der Waals surface area contributed by atoms with Gasteiger partial charge >= 0.3 is 0 Å². The summed E-state index contributed by atoms with van der Waals surface area (Å²) in [6.07, 6.45) is 0.970. The number of para-hydroxylation sites is 2. The first kappa shape index (κ1) is 13.3. The zero-order chi connectivity index (χ0) is 13.7. The quantitative estimate of drug-likeness (QED) is 0.826. The summed E-state index contributed by atoms with van der Waals surface area (Å²) in [6, 6.07) is 16.0. The van der Waals surface area contributed by atoms with Gasteiger partial charge in [-0.2, -0.15) is 0 Å². The largest absolute Gasteiger partial charge is 0.491 e. The van der Waals surface area contributed by atoms with Gasteiger partial charge in [0.1, 0.15) is 5.75 Å². The molecule has 2 N–H and O–H groups in total. The van der Waals surface area contributed by atoms with Crippen molar-refractivity contribution < 1.29 is 4.74 Å². The zero-order valence-electron chi connectivity index (χ0n) is 11.5. The highest BCUT2D eigenvalue weighted by molar-refractivity contribution is 5.78. The molecule has 19 heavy (non-hydrogen) atoms. The number of hydrogen-bond donors (Lipinski definition) is 1. The zero-order valence-corrected chi connectivity index (χ0v) is 11.5. The fraction of sp³-hybridized carbons (Fsp3) is 0.250. The van der Waals surface area contributed by atoms with Crippen LogP contribution in [-0.4, -0.2) is 13.7 Å². The number of hydrogen-bond acceptors (Lipinski definition) is 3. The number of anilines is 3. The van der Waals surface area contributed by atoms with Crippen molar-refractivity contribution >= 4 is 17.1 Å². The predicted molar refractivity (Wildman–Crippen MR) is 81.1 cm³/mol. The normalized spacial score (nSPS) is 10.2. The topological polar surface area (TPSA) is 38.5 Å². The molecule has 0 saturated heterocycles. The van der Waals surface area contributed by atoms with E-state index in [4.69, 9.17) is 10.5 Å². The Kier molecular flexibility index (Phi) is 4.29. The standard InChI is InChI=1S/C16H20N2O/c1-3-12-19-15-11-7-10-14(16(15)17)18(2)13-8-5-4-6-9-13/h4-11H,3,12,17H2,1-2H3. The SMILES string of the molecule is CCCOc1cccc(N(C)c2ccccc2)c1N. The minimum Gasteiger partial charge on any atom is -0.491 e. The first-order chi connectivity index (χ1) is 9.24. The average Bonchev–Trinajstić information content (AvgIpc) is 2.46. The molecule has 0 unspecified atom stereocenters. The number of nitrogens with zero attached hydrogens (tertiary/aromatic N) is 1. The molecular weight excluding hydrogens is 236 g/mol. The van der Waals surface area contributed by atoms with Crippen molar-refractivity contribution in [2.45, 2.75) is 13.3 Å². The van der Waals surface area contributed by atoms with Crippen LogP contribution in [0.15, 0.2) is 48.5 Å². The van der Waals surface area contributed by atoms with E-state index in [9.17, 15) is 0 Å². The van der Waals surface area contributed by atoms with E-state index < -0.39 is 0 Å². The van der Waals surface area contributed by atoms with Crippen molar-refractivity contribution in [1.82, 2.24) is 0 Å². The third-order valence-electron chi connectivity index (χ3n) is 3.01. The van der Waals surface area contributed by atoms with Crippen LogP contribution in [0, 0.1) is 0 Å². The van der Waals surface area contributed by atoms with Crippen LogP contribution in [0.25, 0.3) is 0 Å². The monoisotopic (exact) mass is 256 g/mol. The molecule has 0 radical (unpaired) electrons. The highest BCUT2D eigenvalue weighted by Crippen LogP contribution is 2.35. The molecule has 3 heteroatoms. The smallest absolute Gasteiger partial charge is 0.144 e. The molecule has 2 aromatic rings. The Balaban J connectivity index is 2.29. The van der Waals surface area contributed by atoms with Crippen LogP contribution in [0.1, 0.15) is 13.3 Å². The van der Waals surface area contributed by atoms with Crippen molar-refractivity contribution in [2.24, 2.45) is 0 Å². The summed E-state index contributed by atoms with van der Waals surface area (Å²) in [5.74, 6) is 0.752. The number of nitrogen functional groups attached to an aromatic ring is 1. The van der Waals surface area contributed by atoms with Gasteiger partial charge in [0.25, 0.3) is 0 Å². The second kappa shape index (κ2) is 6.14. The summed E-state index contributed by atoms with van der Waals surface area (Å²) in [6.45, 7) is 2.76. The minimum absolute atomic E-state index is 0.683. The molecule has 0 saturated carbocycles. The van der Waals surface area contributed by atoms with Gasteiger partial charge < -0.3 is 15.4 Å². The molecule has 2 rings (SSSR count). The van der Waals surface area contributed by atoms with E-state index in [1.807, 2.05) is 43.4 Å². The molecular formula is C16H20N2O. The van der Waals surface area contributed by atoms with E-state index in [0.717, 1.165) is 23.5 Å². The van der Waals surface area contributed by atoms with Crippen LogP contribution in [0.2, 0.25) is 0 Å². The molecule has 0 atom stereocenters. The van der Waals surface area contributed by atoms with Crippen LogP contribution in [0.5, 0.6) is 5.75 Å². The lowest BCUT2D eigenvalue weighted by atomic mass is 10.2. The van der Waals surface area contributed by atoms with Crippen molar-refractivity contribution in [1.29, 1.82) is 0 Å². The van der Waals surface area contributed by atoms with Crippen LogP contribution >= 0.6 is 0 Å². The number of benzene rings is 2. The van der Waals surface area contributed by atoms with Gasteiger partial charge in [-0.15, -0.1) is 0 Å². The van der Waals surface area contributed by atoms with Gasteiger partial charge in [-0.3, -0.25) is 0 Å². The van der Waals surface area contributed by atoms with Crippen molar-refractivity contribution in [3.63, 3.8) is 0 Å². The summed E-state index contributed by atoms with van der Waals surface area (Å²) < 4.78 is 5.66. The fourth-order valence-corrected chi connectivity index (χ4v) is 1.95. The van der Waals surface area contributed by atoms with Crippen molar-refractivity contribution in [2.75, 3.05) is 24.3 Å². The lowest BCUT2D eigenvalue weighted by Gasteiger charge is -2.22. The fourth-order valence-electron chi connectivity index (χ4n) is 1.95. The van der Waals surface area contributed by atoms with Gasteiger partial charge in [-0.1, -0.05) is 31.2 Å². The number of ether oxygens (including phenoxy) is 1. The Morgan fingerprint density at radius 2 is 1.79 bits per heavy atom. The summed E-state index contributed by atoms with van der Waals surface area (Å²) >= 11 is 0. The maximum Gasteiger partial charge on any atom is 0.144 e. The molecule has 0 aliphatic heterocycles. The summed E-state index contributed by atoms with van der Waals surface area (Å²) in [5.41, 5.74) is 8.94. The van der Waals surface area contributed by atoms with Gasteiger partial charge in [-0.25, -0.2) is 0 Å². The lowest BCUT2D eigenvalue weighted by Crippen LogP contribution is -2.12. The van der Waals surface area contributed by atoms with Gasteiger partial charge in [-0.05, 0) is 30.7 Å². The van der Waals surface area contributed by atoms with Crippen LogP contribution < -0.4 is 15.4 Å². The molecule has 100 valence electrons. The Labute approximate surface area is 114 Å². The van der Waals surface area contributed by atoms with E-state index in [1.165, 1.54) is 0 Å². The number of nitrogens with two attached hydrogens (primary N) is 1. The molecule has 0 aliphatic rings. The van der Waals surface area contributed by atoms with Gasteiger partial charge in [0, 0.05) is 12.7 Å². The highest BCUT2D eigenvalue weighted by atomic mass is 16.5. The molecule has 2 aromatic carbocycles. The molecule has 0 spiro atoms. The highest BCUT2D eigenvalue weighted by Gasteiger charge is 2.11. The molecule has 0 aromatic heterocycles. The van der Waals surface area contributed by atoms with Crippen molar-refractivity contribution in [3.05, 3.63) is 48.5 Å². The van der Waals surface area contributed by atoms with Crippen LogP contribution in [0.4, 0.5) is 17.1 Å². The average molecular weight is 256 g/mol. The molecule has 3 nitrogen and oxygen atoms in total. The Morgan fingerprint density at radius 1 is 1.05 bits per heavy atom. The maximum atomic E-state index is 6.20. The molecule has 0 heterocycles. The van der Waals surface area contributed by atoms with Crippen LogP contribution in [-0.2, 0) is 0 Å². The first-order valence-electron chi connectivity index (χ1n) is 6.54. The van der Waals surface area contributed by atoms with Gasteiger partial charge in [0.2, 0.25) is 0 Å². The first-order valence-corrected chi connectivity index (χ1v) is 6.54. The number of rotatable bonds is 5. The predicted octanol–water partition coefficient (Wildman–Crippen LogP) is 3.83. The van der Waals surface area contributed by atoms with Gasteiger partial charge in [0.05, 0.1) is 18.0 Å². The second-order valence-corrected chi connectivity index (χ2v) is 4.43. The second-order valence-electron chi connectivity index (χ2n) is 4.43. The van der Waals surface area contributed by atoms with E-state index in [1.54, 1.807) is 0 Å². The molecule has 0 bridgehead atoms. The minimum atomic E-state index is 0.683. The molecule has 0 fully saturated rings. The summed E-state index contributed by atoms with van der Waals surface area (Å²) in [4.78, 5) is 2.06. The van der Waals surface area contributed by atoms with E-state index in [0.29, 0.717) is 12.3 Å². The van der Waals surface area contributed by atoms with E-state index in [2.05, 4.69) is 24.0 Å². The molecule has 0 amide bonds. The maximum absolute atomic E-state index is 6.20. The third kappa shape index (κ3) is 2.99. The molecule has 0 aliphatic carbocycles. The van der Waals surface area contributed by atoms with E-state index in [-0.39, 0.29) is 0 Å². The van der Waals surface area contributed by atoms with Gasteiger partial charge in [0.15, 0.2) is 0 Å². The van der Waals surface area contributed by atoms with Crippen molar-refractivity contribution in [3.8, 4) is 5.75 Å². The van der Waals surface area contributed by atoms with E-state index >= 15 is 0 Å². The summed E-state index contributed by atoms with van der Waals surface area (Å²) in [5, 5.41) is 0. The Morgan fingerprint density at radius 3 is 2.47 bits per heavy atom. The summed E-state index contributed by atoms with van der Waals surface area (Å²) in [7, 11) is 2.00.